The number of carbonyl (C=O) groups excluding carboxylic acids is 1. The van der Waals surface area contributed by atoms with Crippen LogP contribution < -0.4 is 0 Å². The van der Waals surface area contributed by atoms with Gasteiger partial charge in [-0.3, -0.25) is 9.69 Å². The predicted octanol–water partition coefficient (Wildman–Crippen LogP) is 3.14. The predicted molar refractivity (Wildman–Crippen MR) is 105 cm³/mol. The zero-order valence-electron chi connectivity index (χ0n) is 16.5. The first-order chi connectivity index (χ1) is 13.6. The first-order valence-electron chi connectivity index (χ1n) is 10.5. The number of benzene rings is 1. The van der Waals surface area contributed by atoms with Gasteiger partial charge in [0.1, 0.15) is 0 Å². The van der Waals surface area contributed by atoms with Crippen molar-refractivity contribution in [2.45, 2.75) is 57.5 Å². The lowest BCUT2D eigenvalue weighted by atomic mass is 9.67. The van der Waals surface area contributed by atoms with Crippen molar-refractivity contribution in [3.8, 4) is 0 Å². The molecule has 2 aromatic rings. The molecule has 5 rings (SSSR count). The zero-order valence-corrected chi connectivity index (χ0v) is 16.5. The van der Waals surface area contributed by atoms with Crippen molar-refractivity contribution in [2.75, 3.05) is 19.6 Å². The van der Waals surface area contributed by atoms with E-state index in [0.717, 1.165) is 51.3 Å². The Kier molecular flexibility index (Phi) is 4.46. The number of amides is 1. The van der Waals surface area contributed by atoms with Crippen LogP contribution in [0.5, 0.6) is 0 Å². The lowest BCUT2D eigenvalue weighted by Crippen LogP contribution is -2.54. The summed E-state index contributed by atoms with van der Waals surface area (Å²) < 4.78 is 5.11. The second-order valence-electron chi connectivity index (χ2n) is 8.87. The second kappa shape index (κ2) is 6.99. The van der Waals surface area contributed by atoms with Crippen molar-refractivity contribution in [3.05, 3.63) is 47.6 Å². The maximum Gasteiger partial charge on any atom is 0.230 e. The Hall–Kier alpha value is -2.21. The van der Waals surface area contributed by atoms with E-state index in [1.165, 1.54) is 18.4 Å². The van der Waals surface area contributed by atoms with Crippen molar-refractivity contribution in [3.63, 3.8) is 0 Å². The summed E-state index contributed by atoms with van der Waals surface area (Å²) in [5.41, 5.74) is 1.42. The fourth-order valence-corrected chi connectivity index (χ4v) is 5.02. The van der Waals surface area contributed by atoms with Crippen LogP contribution in [-0.4, -0.2) is 51.5 Å². The Balaban J connectivity index is 1.32. The molecule has 1 saturated carbocycles. The molecule has 28 heavy (non-hydrogen) atoms. The Morgan fingerprint density at radius 3 is 2.57 bits per heavy atom. The average molecular weight is 380 g/mol. The van der Waals surface area contributed by atoms with Crippen LogP contribution >= 0.6 is 0 Å². The smallest absolute Gasteiger partial charge is 0.230 e. The fourth-order valence-electron chi connectivity index (χ4n) is 5.02. The molecule has 6 nitrogen and oxygen atoms in total. The molecule has 3 fully saturated rings. The quantitative estimate of drug-likeness (QED) is 0.815. The molecular weight excluding hydrogens is 352 g/mol. The van der Waals surface area contributed by atoms with Crippen LogP contribution in [0.4, 0.5) is 0 Å². The summed E-state index contributed by atoms with van der Waals surface area (Å²) in [7, 11) is 0. The highest BCUT2D eigenvalue weighted by atomic mass is 16.5. The number of aryl methyl sites for hydroxylation is 1. The molecule has 1 spiro atoms. The number of hydrogen-bond donors (Lipinski definition) is 0. The minimum Gasteiger partial charge on any atom is -0.340 e. The van der Waals surface area contributed by atoms with Crippen LogP contribution in [0.25, 0.3) is 0 Å². The van der Waals surface area contributed by atoms with Crippen LogP contribution in [0.1, 0.15) is 55.3 Å². The van der Waals surface area contributed by atoms with Gasteiger partial charge in [-0.25, -0.2) is 0 Å². The van der Waals surface area contributed by atoms with Gasteiger partial charge < -0.3 is 9.42 Å². The van der Waals surface area contributed by atoms with Crippen molar-refractivity contribution in [1.82, 2.24) is 19.9 Å². The van der Waals surface area contributed by atoms with Gasteiger partial charge in [0.25, 0.3) is 0 Å². The van der Waals surface area contributed by atoms with E-state index in [4.69, 9.17) is 4.52 Å². The van der Waals surface area contributed by atoms with Gasteiger partial charge in [-0.15, -0.1) is 0 Å². The summed E-state index contributed by atoms with van der Waals surface area (Å²) in [6, 6.07) is 10.9. The van der Waals surface area contributed by atoms with Crippen molar-refractivity contribution in [1.29, 1.82) is 0 Å². The molecule has 2 aliphatic heterocycles. The molecule has 1 aliphatic carbocycles. The van der Waals surface area contributed by atoms with Crippen LogP contribution in [-0.2, 0) is 11.3 Å². The monoisotopic (exact) mass is 380 g/mol. The van der Waals surface area contributed by atoms with Gasteiger partial charge in [0.05, 0.1) is 12.5 Å². The molecule has 3 heterocycles. The minimum absolute atomic E-state index is 0.0157. The Labute approximate surface area is 165 Å². The van der Waals surface area contributed by atoms with Crippen molar-refractivity contribution in [2.24, 2.45) is 5.41 Å². The SMILES string of the molecule is Cc1nc(CN2CCC3(CC2)C[C@@H](c2ccccc2)C(=O)N(C2CC2)C3)no1. The number of nitrogens with zero attached hydrogens (tertiary/aromatic N) is 4. The molecule has 148 valence electrons. The Morgan fingerprint density at radius 1 is 1.18 bits per heavy atom. The third kappa shape index (κ3) is 3.46. The standard InChI is InChI=1S/C22H28N4O2/c1-16-23-20(24-28-16)14-25-11-9-22(10-12-25)13-19(17-5-3-2-4-6-17)21(27)26(15-22)18-7-8-18/h2-6,18-19H,7-15H2,1H3/t19-/m0/s1. The van der Waals surface area contributed by atoms with E-state index in [2.05, 4.69) is 44.2 Å². The average Bonchev–Trinajstić information content (AvgIpc) is 3.48. The first-order valence-corrected chi connectivity index (χ1v) is 10.5. The summed E-state index contributed by atoms with van der Waals surface area (Å²) in [4.78, 5) is 22.2. The molecule has 1 amide bonds. The van der Waals surface area contributed by atoms with Crippen LogP contribution in [0.15, 0.2) is 34.9 Å². The molecule has 6 heteroatoms. The van der Waals surface area contributed by atoms with E-state index in [1.54, 1.807) is 0 Å². The number of aromatic nitrogens is 2. The molecule has 1 aromatic carbocycles. The third-order valence-electron chi connectivity index (χ3n) is 6.77. The Morgan fingerprint density at radius 2 is 1.93 bits per heavy atom. The number of hydrogen-bond acceptors (Lipinski definition) is 5. The largest absolute Gasteiger partial charge is 0.340 e. The van der Waals surface area contributed by atoms with Gasteiger partial charge in [-0.1, -0.05) is 35.5 Å². The first kappa shape index (κ1) is 17.9. The molecule has 0 unspecified atom stereocenters. The molecule has 1 atom stereocenters. The summed E-state index contributed by atoms with van der Waals surface area (Å²) in [5, 5.41) is 4.04. The van der Waals surface area contributed by atoms with Crippen molar-refractivity contribution >= 4 is 5.91 Å². The van der Waals surface area contributed by atoms with E-state index in [0.29, 0.717) is 17.8 Å². The number of carbonyl (C=O) groups is 1. The zero-order chi connectivity index (χ0) is 19.1. The summed E-state index contributed by atoms with van der Waals surface area (Å²) >= 11 is 0. The van der Waals surface area contributed by atoms with Gasteiger partial charge in [-0.2, -0.15) is 4.98 Å². The van der Waals surface area contributed by atoms with Crippen LogP contribution in [0, 0.1) is 12.3 Å². The molecule has 0 N–H and O–H groups in total. The maximum absolute atomic E-state index is 13.2. The normalized spacial score (nSPS) is 25.4. The number of likely N-dealkylation sites (tertiary alicyclic amines) is 2. The van der Waals surface area contributed by atoms with E-state index in [1.807, 2.05) is 13.0 Å². The third-order valence-corrected chi connectivity index (χ3v) is 6.77. The highest BCUT2D eigenvalue weighted by Crippen LogP contribution is 2.48. The van der Waals surface area contributed by atoms with Gasteiger partial charge in [0, 0.05) is 19.5 Å². The maximum atomic E-state index is 13.2. The molecule has 0 radical (unpaired) electrons. The summed E-state index contributed by atoms with van der Waals surface area (Å²) in [5.74, 6) is 1.76. The molecule has 1 aromatic heterocycles. The highest BCUT2D eigenvalue weighted by molar-refractivity contribution is 5.85. The van der Waals surface area contributed by atoms with Gasteiger partial charge in [0.2, 0.25) is 11.8 Å². The van der Waals surface area contributed by atoms with Crippen molar-refractivity contribution < 1.29 is 9.32 Å². The van der Waals surface area contributed by atoms with E-state index < -0.39 is 0 Å². The minimum atomic E-state index is 0.0157. The highest BCUT2D eigenvalue weighted by Gasteiger charge is 2.49. The van der Waals surface area contributed by atoms with E-state index in [-0.39, 0.29) is 11.3 Å². The summed E-state index contributed by atoms with van der Waals surface area (Å²) in [6.45, 7) is 5.58. The molecular formula is C22H28N4O2. The molecule has 3 aliphatic rings. The number of rotatable bonds is 4. The number of piperidine rings is 2. The summed E-state index contributed by atoms with van der Waals surface area (Å²) in [6.07, 6.45) is 5.58. The lowest BCUT2D eigenvalue weighted by molar-refractivity contribution is -0.142. The van der Waals surface area contributed by atoms with Crippen LogP contribution in [0.2, 0.25) is 0 Å². The van der Waals surface area contributed by atoms with Gasteiger partial charge >= 0.3 is 0 Å². The Bertz CT molecular complexity index is 837. The fraction of sp³-hybridized carbons (Fsp3) is 0.591. The van der Waals surface area contributed by atoms with Gasteiger partial charge in [0.15, 0.2) is 5.82 Å². The lowest BCUT2D eigenvalue weighted by Gasteiger charge is -2.50. The van der Waals surface area contributed by atoms with Crippen LogP contribution in [0.3, 0.4) is 0 Å². The topological polar surface area (TPSA) is 62.5 Å². The van der Waals surface area contributed by atoms with E-state index >= 15 is 0 Å². The molecule has 2 saturated heterocycles. The van der Waals surface area contributed by atoms with Gasteiger partial charge in [-0.05, 0) is 56.2 Å². The van der Waals surface area contributed by atoms with E-state index in [9.17, 15) is 4.79 Å². The second-order valence-corrected chi connectivity index (χ2v) is 8.87. The molecule has 0 bridgehead atoms.